The molecule has 3 aromatic rings. The van der Waals surface area contributed by atoms with Crippen molar-refractivity contribution in [1.82, 2.24) is 14.9 Å². The molecule has 0 aliphatic carbocycles. The Morgan fingerprint density at radius 1 is 1.15 bits per heavy atom. The summed E-state index contributed by atoms with van der Waals surface area (Å²) in [6.45, 7) is 3.65. The molecule has 0 spiro atoms. The lowest BCUT2D eigenvalue weighted by Crippen LogP contribution is -2.33. The van der Waals surface area contributed by atoms with Crippen LogP contribution in [0.1, 0.15) is 21.7 Å². The fourth-order valence-corrected chi connectivity index (χ4v) is 3.09. The molecular formula is C20H19ClN4O2. The number of pyridine rings is 1. The molecule has 1 aromatic carbocycles. The van der Waals surface area contributed by atoms with Crippen LogP contribution in [-0.4, -0.2) is 27.9 Å². The smallest absolute Gasteiger partial charge is 0.253 e. The third-order valence-corrected chi connectivity index (χ3v) is 4.33. The van der Waals surface area contributed by atoms with Gasteiger partial charge in [-0.2, -0.15) is 0 Å². The third-order valence-electron chi connectivity index (χ3n) is 4.10. The first-order valence-corrected chi connectivity index (χ1v) is 8.76. The van der Waals surface area contributed by atoms with Gasteiger partial charge in [-0.25, -0.2) is 0 Å². The quantitative estimate of drug-likeness (QED) is 0.709. The predicted molar refractivity (Wildman–Crippen MR) is 105 cm³/mol. The van der Waals surface area contributed by atoms with Gasteiger partial charge in [0.2, 0.25) is 5.91 Å². The van der Waals surface area contributed by atoms with Crippen LogP contribution in [0.15, 0.2) is 54.9 Å². The SMILES string of the molecule is Cc1cc(C(=O)NCC(=O)Nc2cccnc2)c(C)n1-c1cccc(Cl)c1. The lowest BCUT2D eigenvalue weighted by Gasteiger charge is -2.10. The Bertz CT molecular complexity index is 983. The second-order valence-corrected chi connectivity index (χ2v) is 6.51. The van der Waals surface area contributed by atoms with Gasteiger partial charge in [0.1, 0.15) is 0 Å². The highest BCUT2D eigenvalue weighted by Gasteiger charge is 2.17. The Morgan fingerprint density at radius 3 is 2.67 bits per heavy atom. The van der Waals surface area contributed by atoms with Crippen LogP contribution in [0.3, 0.4) is 0 Å². The molecule has 7 heteroatoms. The normalized spacial score (nSPS) is 10.5. The highest BCUT2D eigenvalue weighted by Crippen LogP contribution is 2.23. The van der Waals surface area contributed by atoms with E-state index in [9.17, 15) is 9.59 Å². The van der Waals surface area contributed by atoms with Crippen molar-refractivity contribution in [2.24, 2.45) is 0 Å². The van der Waals surface area contributed by atoms with Crippen molar-refractivity contribution in [2.45, 2.75) is 13.8 Å². The monoisotopic (exact) mass is 382 g/mol. The molecule has 0 radical (unpaired) electrons. The summed E-state index contributed by atoms with van der Waals surface area (Å²) in [4.78, 5) is 28.5. The zero-order valence-corrected chi connectivity index (χ0v) is 15.7. The average molecular weight is 383 g/mol. The van der Waals surface area contributed by atoms with Crippen molar-refractivity contribution in [3.63, 3.8) is 0 Å². The van der Waals surface area contributed by atoms with E-state index >= 15 is 0 Å². The molecule has 0 aliphatic rings. The molecule has 0 bridgehead atoms. The Balaban J connectivity index is 1.70. The molecular weight excluding hydrogens is 364 g/mol. The number of nitrogens with one attached hydrogen (secondary N) is 2. The number of aryl methyl sites for hydroxylation is 1. The molecule has 2 amide bonds. The first kappa shape index (κ1) is 18.7. The summed E-state index contributed by atoms with van der Waals surface area (Å²) in [7, 11) is 0. The van der Waals surface area contributed by atoms with Gasteiger partial charge >= 0.3 is 0 Å². The lowest BCUT2D eigenvalue weighted by atomic mass is 10.2. The van der Waals surface area contributed by atoms with Crippen LogP contribution < -0.4 is 10.6 Å². The summed E-state index contributed by atoms with van der Waals surface area (Å²) in [6, 6.07) is 12.7. The van der Waals surface area contributed by atoms with Crippen LogP contribution in [0.4, 0.5) is 5.69 Å². The van der Waals surface area contributed by atoms with Gasteiger partial charge in [-0.15, -0.1) is 0 Å². The number of halogens is 1. The second kappa shape index (κ2) is 8.05. The van der Waals surface area contributed by atoms with Crippen LogP contribution in [0.25, 0.3) is 5.69 Å². The number of amides is 2. The average Bonchev–Trinajstić information content (AvgIpc) is 2.95. The molecule has 0 aliphatic heterocycles. The molecule has 3 rings (SSSR count). The zero-order valence-electron chi connectivity index (χ0n) is 15.0. The van der Waals surface area contributed by atoms with E-state index in [0.717, 1.165) is 17.1 Å². The Morgan fingerprint density at radius 2 is 1.96 bits per heavy atom. The van der Waals surface area contributed by atoms with Gasteiger partial charge in [0.15, 0.2) is 0 Å². The number of rotatable bonds is 5. The van der Waals surface area contributed by atoms with Crippen molar-refractivity contribution in [2.75, 3.05) is 11.9 Å². The molecule has 6 nitrogen and oxygen atoms in total. The van der Waals surface area contributed by atoms with E-state index in [1.54, 1.807) is 36.7 Å². The van der Waals surface area contributed by atoms with Crippen molar-refractivity contribution in [1.29, 1.82) is 0 Å². The Hall–Kier alpha value is -3.12. The minimum absolute atomic E-state index is 0.130. The number of hydrogen-bond donors (Lipinski definition) is 2. The topological polar surface area (TPSA) is 76.0 Å². The Labute approximate surface area is 162 Å². The number of carbonyl (C=O) groups excluding carboxylic acids is 2. The molecule has 0 atom stereocenters. The number of carbonyl (C=O) groups is 2. The number of benzene rings is 1. The standard InChI is InChI=1S/C20H19ClN4O2/c1-13-9-18(14(2)25(13)17-7-3-5-15(21)10-17)20(27)23-12-19(26)24-16-6-4-8-22-11-16/h3-11H,12H2,1-2H3,(H,23,27)(H,24,26). The minimum atomic E-state index is -0.319. The van der Waals surface area contributed by atoms with E-state index < -0.39 is 0 Å². The second-order valence-electron chi connectivity index (χ2n) is 6.07. The fraction of sp³-hybridized carbons (Fsp3) is 0.150. The van der Waals surface area contributed by atoms with Gasteiger partial charge in [0.05, 0.1) is 24.0 Å². The molecule has 138 valence electrons. The van der Waals surface area contributed by atoms with Crippen molar-refractivity contribution in [3.05, 3.63) is 76.8 Å². The highest BCUT2D eigenvalue weighted by molar-refractivity contribution is 6.30. The lowest BCUT2D eigenvalue weighted by molar-refractivity contribution is -0.115. The highest BCUT2D eigenvalue weighted by atomic mass is 35.5. The van der Waals surface area contributed by atoms with Crippen LogP contribution >= 0.6 is 11.6 Å². The third kappa shape index (κ3) is 4.35. The van der Waals surface area contributed by atoms with Gasteiger partial charge in [0.25, 0.3) is 5.91 Å². The predicted octanol–water partition coefficient (Wildman–Crippen LogP) is 3.51. The first-order chi connectivity index (χ1) is 13.0. The maximum atomic E-state index is 12.5. The van der Waals surface area contributed by atoms with Gasteiger partial charge in [-0.05, 0) is 50.2 Å². The number of aromatic nitrogens is 2. The number of hydrogen-bond acceptors (Lipinski definition) is 3. The van der Waals surface area contributed by atoms with Crippen molar-refractivity contribution < 1.29 is 9.59 Å². The maximum Gasteiger partial charge on any atom is 0.253 e. The van der Waals surface area contributed by atoms with Gasteiger partial charge in [-0.3, -0.25) is 14.6 Å². The number of nitrogens with zero attached hydrogens (tertiary/aromatic N) is 2. The van der Waals surface area contributed by atoms with E-state index in [1.807, 2.05) is 36.6 Å². The van der Waals surface area contributed by atoms with Crippen molar-refractivity contribution >= 4 is 29.1 Å². The van der Waals surface area contributed by atoms with Crippen LogP contribution in [0, 0.1) is 13.8 Å². The van der Waals surface area contributed by atoms with Crippen molar-refractivity contribution in [3.8, 4) is 5.69 Å². The van der Waals surface area contributed by atoms with Crippen LogP contribution in [-0.2, 0) is 4.79 Å². The summed E-state index contributed by atoms with van der Waals surface area (Å²) in [6.07, 6.45) is 3.16. The van der Waals surface area contributed by atoms with E-state index in [2.05, 4.69) is 15.6 Å². The largest absolute Gasteiger partial charge is 0.343 e. The molecule has 2 aromatic heterocycles. The molecule has 2 N–H and O–H groups in total. The molecule has 27 heavy (non-hydrogen) atoms. The number of anilines is 1. The van der Waals surface area contributed by atoms with E-state index in [0.29, 0.717) is 16.3 Å². The van der Waals surface area contributed by atoms with Gasteiger partial charge in [0, 0.05) is 28.3 Å². The van der Waals surface area contributed by atoms with E-state index in [1.165, 1.54) is 0 Å². The van der Waals surface area contributed by atoms with Gasteiger partial charge in [-0.1, -0.05) is 17.7 Å². The van der Waals surface area contributed by atoms with Crippen LogP contribution in [0.5, 0.6) is 0 Å². The summed E-state index contributed by atoms with van der Waals surface area (Å²) < 4.78 is 1.95. The fourth-order valence-electron chi connectivity index (χ4n) is 2.90. The Kier molecular flexibility index (Phi) is 5.57. The van der Waals surface area contributed by atoms with Crippen LogP contribution in [0.2, 0.25) is 5.02 Å². The molecule has 0 saturated carbocycles. The summed E-state index contributed by atoms with van der Waals surface area (Å²) in [5.74, 6) is -0.627. The summed E-state index contributed by atoms with van der Waals surface area (Å²) in [5.41, 5.74) is 3.66. The summed E-state index contributed by atoms with van der Waals surface area (Å²) in [5, 5.41) is 5.95. The molecule has 2 heterocycles. The maximum absolute atomic E-state index is 12.5. The molecule has 0 unspecified atom stereocenters. The minimum Gasteiger partial charge on any atom is -0.343 e. The molecule has 0 fully saturated rings. The summed E-state index contributed by atoms with van der Waals surface area (Å²) >= 11 is 6.08. The van der Waals surface area contributed by atoms with E-state index in [4.69, 9.17) is 11.6 Å². The first-order valence-electron chi connectivity index (χ1n) is 8.38. The zero-order chi connectivity index (χ0) is 19.4. The van der Waals surface area contributed by atoms with E-state index in [-0.39, 0.29) is 18.4 Å². The van der Waals surface area contributed by atoms with Gasteiger partial charge < -0.3 is 15.2 Å². The molecule has 0 saturated heterocycles.